The lowest BCUT2D eigenvalue weighted by molar-refractivity contribution is -0.113. The number of allylic oxidation sites excluding steroid dienone is 1. The average molecular weight is 410 g/mol. The normalized spacial score (nSPS) is 17.5. The molecule has 5 nitrogen and oxygen atoms in total. The molecule has 1 amide bonds. The van der Waals surface area contributed by atoms with E-state index in [1.165, 1.54) is 35.2 Å². The Hall–Kier alpha value is -2.84. The van der Waals surface area contributed by atoms with Crippen LogP contribution >= 0.6 is 23.1 Å². The lowest BCUT2D eigenvalue weighted by Crippen LogP contribution is -2.28. The van der Waals surface area contributed by atoms with Crippen molar-refractivity contribution in [2.75, 3.05) is 4.90 Å². The van der Waals surface area contributed by atoms with Crippen molar-refractivity contribution in [1.29, 1.82) is 0 Å². The summed E-state index contributed by atoms with van der Waals surface area (Å²) >= 11 is 2.65. The smallest absolute Gasteiger partial charge is 0.268 e. The van der Waals surface area contributed by atoms with Gasteiger partial charge in [0.05, 0.1) is 10.6 Å². The Morgan fingerprint density at radius 3 is 2.43 bits per heavy atom. The molecule has 0 radical (unpaired) electrons. The number of amidine groups is 1. The number of halogens is 1. The van der Waals surface area contributed by atoms with Crippen LogP contribution in [0.4, 0.5) is 15.2 Å². The molecular formula is C20H15FN4OS2. The summed E-state index contributed by atoms with van der Waals surface area (Å²) in [5.41, 5.74) is 2.29. The van der Waals surface area contributed by atoms with Crippen LogP contribution in [0.1, 0.15) is 17.5 Å². The molecule has 0 atom stereocenters. The summed E-state index contributed by atoms with van der Waals surface area (Å²) < 4.78 is 13.3. The largest absolute Gasteiger partial charge is 0.271 e. The molecular weight excluding hydrogens is 395 g/mol. The number of rotatable bonds is 3. The number of hydrogen-bond acceptors (Lipinski definition) is 6. The summed E-state index contributed by atoms with van der Waals surface area (Å²) in [6.07, 6.45) is 0. The third-order valence-electron chi connectivity index (χ3n) is 4.12. The molecule has 140 valence electrons. The van der Waals surface area contributed by atoms with E-state index in [1.54, 1.807) is 17.0 Å². The Balaban J connectivity index is 1.81. The Kier molecular flexibility index (Phi) is 5.06. The Labute approximate surface area is 169 Å². The lowest BCUT2D eigenvalue weighted by Gasteiger charge is -2.15. The first kappa shape index (κ1) is 18.5. The number of anilines is 1. The maximum atomic E-state index is 13.3. The van der Waals surface area contributed by atoms with Crippen LogP contribution in [0.5, 0.6) is 0 Å². The molecule has 0 N–H and O–H groups in total. The van der Waals surface area contributed by atoms with Crippen LogP contribution in [0.15, 0.2) is 64.5 Å². The molecule has 2 aromatic carbocycles. The molecule has 1 aliphatic rings. The zero-order valence-corrected chi connectivity index (χ0v) is 16.7. The second-order valence-corrected chi connectivity index (χ2v) is 8.17. The van der Waals surface area contributed by atoms with E-state index in [2.05, 4.69) is 15.2 Å². The number of thioether (sulfide) groups is 1. The highest BCUT2D eigenvalue weighted by Gasteiger charge is 2.36. The minimum absolute atomic E-state index is 0.169. The van der Waals surface area contributed by atoms with E-state index in [0.29, 0.717) is 15.2 Å². The first-order valence-electron chi connectivity index (χ1n) is 8.46. The summed E-state index contributed by atoms with van der Waals surface area (Å²) in [4.78, 5) is 19.9. The van der Waals surface area contributed by atoms with Gasteiger partial charge in [-0.2, -0.15) is 4.99 Å². The first-order chi connectivity index (χ1) is 13.5. The fraction of sp³-hybridized carbons (Fsp3) is 0.100. The van der Waals surface area contributed by atoms with Gasteiger partial charge >= 0.3 is 0 Å². The summed E-state index contributed by atoms with van der Waals surface area (Å²) in [5, 5.41) is 9.84. The topological polar surface area (TPSA) is 58.5 Å². The van der Waals surface area contributed by atoms with Crippen molar-refractivity contribution in [2.45, 2.75) is 13.8 Å². The Morgan fingerprint density at radius 2 is 1.79 bits per heavy atom. The third kappa shape index (κ3) is 3.61. The maximum Gasteiger partial charge on any atom is 0.271 e. The minimum atomic E-state index is -0.313. The van der Waals surface area contributed by atoms with Crippen molar-refractivity contribution in [1.82, 2.24) is 10.2 Å². The number of nitrogens with zero attached hydrogens (tertiary/aromatic N) is 4. The van der Waals surface area contributed by atoms with Crippen LogP contribution in [0.25, 0.3) is 5.57 Å². The molecule has 2 heterocycles. The molecule has 3 aromatic rings. The lowest BCUT2D eigenvalue weighted by atomic mass is 10.1. The average Bonchev–Trinajstić information content (AvgIpc) is 3.25. The molecule has 1 fully saturated rings. The third-order valence-corrected chi connectivity index (χ3v) is 5.99. The minimum Gasteiger partial charge on any atom is -0.268 e. The van der Waals surface area contributed by atoms with Gasteiger partial charge in [0.15, 0.2) is 5.17 Å². The number of hydrogen-bond donors (Lipinski definition) is 0. The standard InChI is InChI=1S/C20H15FN4OS2/c1-12(14-8-10-15(21)11-9-14)17-18(26)25(16-6-4-3-5-7-16)20(28-17)22-19-24-23-13(2)27-19/h3-11H,1-2H3/b17-12-,22-20+. The number of aromatic nitrogens is 2. The van der Waals surface area contributed by atoms with Gasteiger partial charge in [0.25, 0.3) is 5.91 Å². The van der Waals surface area contributed by atoms with E-state index >= 15 is 0 Å². The highest BCUT2D eigenvalue weighted by Crippen LogP contribution is 2.40. The highest BCUT2D eigenvalue weighted by molar-refractivity contribution is 8.19. The number of amides is 1. The van der Waals surface area contributed by atoms with E-state index in [4.69, 9.17) is 0 Å². The fourth-order valence-corrected chi connectivity index (χ4v) is 4.39. The van der Waals surface area contributed by atoms with Crippen LogP contribution in [0.2, 0.25) is 0 Å². The van der Waals surface area contributed by atoms with Crippen molar-refractivity contribution in [3.8, 4) is 0 Å². The second-order valence-electron chi connectivity index (χ2n) is 6.04. The van der Waals surface area contributed by atoms with Gasteiger partial charge < -0.3 is 0 Å². The fourth-order valence-electron chi connectivity index (χ4n) is 2.73. The molecule has 4 rings (SSSR count). The zero-order valence-electron chi connectivity index (χ0n) is 15.1. The van der Waals surface area contributed by atoms with E-state index < -0.39 is 0 Å². The molecule has 0 spiro atoms. The van der Waals surface area contributed by atoms with Gasteiger partial charge in [-0.25, -0.2) is 4.39 Å². The van der Waals surface area contributed by atoms with Crippen LogP contribution < -0.4 is 4.90 Å². The van der Waals surface area contributed by atoms with E-state index in [9.17, 15) is 9.18 Å². The molecule has 0 saturated carbocycles. The van der Waals surface area contributed by atoms with Crippen LogP contribution in [-0.4, -0.2) is 21.3 Å². The quantitative estimate of drug-likeness (QED) is 0.558. The summed E-state index contributed by atoms with van der Waals surface area (Å²) in [7, 11) is 0. The number of para-hydroxylation sites is 1. The van der Waals surface area contributed by atoms with Gasteiger partial charge in [-0.1, -0.05) is 41.7 Å². The van der Waals surface area contributed by atoms with Crippen molar-refractivity contribution >= 4 is 50.6 Å². The number of benzene rings is 2. The Bertz CT molecular complexity index is 1090. The molecule has 8 heteroatoms. The first-order valence-corrected chi connectivity index (χ1v) is 10.1. The van der Waals surface area contributed by atoms with Crippen molar-refractivity contribution in [3.05, 3.63) is 75.9 Å². The zero-order chi connectivity index (χ0) is 19.7. The number of carbonyl (C=O) groups is 1. The molecule has 1 aliphatic heterocycles. The monoisotopic (exact) mass is 410 g/mol. The van der Waals surface area contributed by atoms with E-state index in [-0.39, 0.29) is 11.7 Å². The molecule has 0 unspecified atom stereocenters. The molecule has 28 heavy (non-hydrogen) atoms. The summed E-state index contributed by atoms with van der Waals surface area (Å²) in [6.45, 7) is 3.71. The van der Waals surface area contributed by atoms with Gasteiger partial charge in [-0.3, -0.25) is 9.69 Å². The highest BCUT2D eigenvalue weighted by atomic mass is 32.2. The van der Waals surface area contributed by atoms with Crippen molar-refractivity contribution < 1.29 is 9.18 Å². The van der Waals surface area contributed by atoms with Crippen LogP contribution in [0, 0.1) is 12.7 Å². The Morgan fingerprint density at radius 1 is 1.07 bits per heavy atom. The van der Waals surface area contributed by atoms with Gasteiger partial charge in [-0.05, 0) is 61.0 Å². The number of aryl methyl sites for hydroxylation is 1. The van der Waals surface area contributed by atoms with Gasteiger partial charge in [0, 0.05) is 0 Å². The second kappa shape index (κ2) is 7.65. The molecule has 0 aliphatic carbocycles. The van der Waals surface area contributed by atoms with Crippen molar-refractivity contribution in [3.63, 3.8) is 0 Å². The summed E-state index contributed by atoms with van der Waals surface area (Å²) in [5.74, 6) is -0.482. The summed E-state index contributed by atoms with van der Waals surface area (Å²) in [6, 6.07) is 15.5. The van der Waals surface area contributed by atoms with E-state index in [0.717, 1.165) is 21.8 Å². The predicted octanol–water partition coefficient (Wildman–Crippen LogP) is 5.18. The number of carbonyl (C=O) groups excluding carboxylic acids is 1. The van der Waals surface area contributed by atoms with Gasteiger partial charge in [-0.15, -0.1) is 10.2 Å². The maximum absolute atomic E-state index is 13.3. The predicted molar refractivity (Wildman–Crippen MR) is 112 cm³/mol. The SMILES string of the molecule is C/C(=C1/S/C(=N/c2nnc(C)s2)N(c2ccccc2)C1=O)c1ccc(F)cc1. The molecule has 0 bridgehead atoms. The van der Waals surface area contributed by atoms with Gasteiger partial charge in [0.2, 0.25) is 5.13 Å². The van der Waals surface area contributed by atoms with Crippen molar-refractivity contribution in [2.24, 2.45) is 4.99 Å². The van der Waals surface area contributed by atoms with E-state index in [1.807, 2.05) is 44.2 Å². The molecule has 1 aromatic heterocycles. The molecule has 1 saturated heterocycles. The van der Waals surface area contributed by atoms with Crippen LogP contribution in [-0.2, 0) is 4.79 Å². The van der Waals surface area contributed by atoms with Crippen LogP contribution in [0.3, 0.4) is 0 Å². The van der Waals surface area contributed by atoms with Gasteiger partial charge in [0.1, 0.15) is 10.8 Å². The number of aliphatic imine (C=N–C) groups is 1.